The number of carbonyl (C=O) groups excluding carboxylic acids is 3. The van der Waals surface area contributed by atoms with Crippen LogP contribution in [0.5, 0.6) is 0 Å². The van der Waals surface area contributed by atoms with Crippen molar-refractivity contribution in [3.8, 4) is 0 Å². The molecule has 126 valence electrons. The molecule has 0 spiro atoms. The van der Waals surface area contributed by atoms with Gasteiger partial charge in [0.25, 0.3) is 5.91 Å². The molecule has 0 radical (unpaired) electrons. The second-order valence-corrected chi connectivity index (χ2v) is 5.49. The van der Waals surface area contributed by atoms with Crippen molar-refractivity contribution in [1.29, 1.82) is 0 Å². The molecule has 3 amide bonds. The van der Waals surface area contributed by atoms with Gasteiger partial charge in [-0.1, -0.05) is 11.2 Å². The summed E-state index contributed by atoms with van der Waals surface area (Å²) >= 11 is 1.33. The maximum absolute atomic E-state index is 11.5. The Labute approximate surface area is 138 Å². The third kappa shape index (κ3) is 7.00. The lowest BCUT2D eigenvalue weighted by molar-refractivity contribution is -0.145. The molecule has 0 saturated carbocycles. The van der Waals surface area contributed by atoms with E-state index in [0.29, 0.717) is 11.5 Å². The van der Waals surface area contributed by atoms with Gasteiger partial charge in [0.05, 0.1) is 11.4 Å². The van der Waals surface area contributed by atoms with E-state index in [1.54, 1.807) is 6.92 Å². The fraction of sp³-hybridized carbons (Fsp3) is 0.429. The molecule has 1 rings (SSSR count). The second kappa shape index (κ2) is 9.67. The average molecular weight is 341 g/mol. The number of aromatic nitrogens is 1. The molecular formula is C14H19N3O5S. The number of hydrogen-bond donors (Lipinski definition) is 2. The highest BCUT2D eigenvalue weighted by atomic mass is 32.2. The third-order valence-corrected chi connectivity index (χ3v) is 3.60. The van der Waals surface area contributed by atoms with E-state index in [-0.39, 0.29) is 12.3 Å². The van der Waals surface area contributed by atoms with Crippen LogP contribution in [0.1, 0.15) is 17.0 Å². The summed E-state index contributed by atoms with van der Waals surface area (Å²) in [5.41, 5.74) is 1.73. The van der Waals surface area contributed by atoms with Crippen LogP contribution in [0.4, 0.5) is 4.79 Å². The molecule has 0 bridgehead atoms. The number of thioether (sulfide) groups is 1. The minimum Gasteiger partial charge on any atom is -0.455 e. The number of ether oxygens (including phenoxy) is 1. The molecule has 0 aliphatic carbocycles. The molecule has 0 fully saturated rings. The Hall–Kier alpha value is -2.29. The highest BCUT2D eigenvalue weighted by Crippen LogP contribution is 2.19. The number of esters is 1. The minimum atomic E-state index is -0.698. The van der Waals surface area contributed by atoms with Crippen LogP contribution >= 0.6 is 11.8 Å². The van der Waals surface area contributed by atoms with Crippen molar-refractivity contribution >= 4 is 29.7 Å². The van der Waals surface area contributed by atoms with Crippen molar-refractivity contribution < 1.29 is 23.6 Å². The third-order valence-electron chi connectivity index (χ3n) is 2.67. The highest BCUT2D eigenvalue weighted by molar-refractivity contribution is 7.99. The predicted molar refractivity (Wildman–Crippen MR) is 84.8 cm³/mol. The number of hydrogen-bond acceptors (Lipinski definition) is 7. The van der Waals surface area contributed by atoms with Crippen LogP contribution in [0.2, 0.25) is 0 Å². The number of aryl methyl sites for hydroxylation is 2. The summed E-state index contributed by atoms with van der Waals surface area (Å²) in [5.74, 6) is 0.124. The molecule has 0 saturated heterocycles. The van der Waals surface area contributed by atoms with Gasteiger partial charge < -0.3 is 14.6 Å². The number of rotatable bonds is 8. The predicted octanol–water partition coefficient (Wildman–Crippen LogP) is 1.08. The van der Waals surface area contributed by atoms with Crippen LogP contribution in [0, 0.1) is 13.8 Å². The van der Waals surface area contributed by atoms with E-state index >= 15 is 0 Å². The van der Waals surface area contributed by atoms with Gasteiger partial charge in [0.15, 0.2) is 6.61 Å². The highest BCUT2D eigenvalue weighted by Gasteiger charge is 2.12. The van der Waals surface area contributed by atoms with Crippen LogP contribution in [0.3, 0.4) is 0 Å². The first kappa shape index (κ1) is 18.8. The minimum absolute atomic E-state index is 0.0833. The number of nitrogens with zero attached hydrogens (tertiary/aromatic N) is 1. The standard InChI is InChI=1S/C14H19N3O5S/c1-4-5-15-14(20)16-12(18)6-21-13(19)8-23-7-11-9(2)17-22-10(11)3/h4H,1,5-8H2,2-3H3,(H2,15,16,18,20). The van der Waals surface area contributed by atoms with Gasteiger partial charge in [-0.3, -0.25) is 14.9 Å². The summed E-state index contributed by atoms with van der Waals surface area (Å²) < 4.78 is 9.80. The lowest BCUT2D eigenvalue weighted by atomic mass is 10.2. The zero-order valence-electron chi connectivity index (χ0n) is 13.0. The summed E-state index contributed by atoms with van der Waals surface area (Å²) in [7, 11) is 0. The quantitative estimate of drug-likeness (QED) is 0.537. The zero-order valence-corrected chi connectivity index (χ0v) is 13.8. The van der Waals surface area contributed by atoms with Crippen LogP contribution in [0.25, 0.3) is 0 Å². The second-order valence-electron chi connectivity index (χ2n) is 4.50. The molecule has 2 N–H and O–H groups in total. The van der Waals surface area contributed by atoms with E-state index in [4.69, 9.17) is 9.26 Å². The Balaban J connectivity index is 2.20. The van der Waals surface area contributed by atoms with Crippen LogP contribution in [-0.4, -0.2) is 42.0 Å². The first-order valence-electron chi connectivity index (χ1n) is 6.77. The van der Waals surface area contributed by atoms with Crippen molar-refractivity contribution in [3.05, 3.63) is 29.7 Å². The van der Waals surface area contributed by atoms with E-state index < -0.39 is 24.5 Å². The molecule has 0 atom stereocenters. The average Bonchev–Trinajstić information content (AvgIpc) is 2.82. The van der Waals surface area contributed by atoms with E-state index in [9.17, 15) is 14.4 Å². The van der Waals surface area contributed by atoms with Gasteiger partial charge >= 0.3 is 12.0 Å². The van der Waals surface area contributed by atoms with E-state index in [1.165, 1.54) is 17.8 Å². The first-order chi connectivity index (χ1) is 10.9. The number of imide groups is 1. The Morgan fingerprint density at radius 1 is 1.39 bits per heavy atom. The number of urea groups is 1. The van der Waals surface area contributed by atoms with Gasteiger partial charge in [-0.25, -0.2) is 4.79 Å². The van der Waals surface area contributed by atoms with Gasteiger partial charge in [0.1, 0.15) is 5.76 Å². The van der Waals surface area contributed by atoms with Crippen molar-refractivity contribution in [2.45, 2.75) is 19.6 Å². The van der Waals surface area contributed by atoms with Crippen LogP contribution in [0.15, 0.2) is 17.2 Å². The van der Waals surface area contributed by atoms with E-state index in [0.717, 1.165) is 11.3 Å². The maximum atomic E-state index is 11.5. The van der Waals surface area contributed by atoms with Crippen LogP contribution < -0.4 is 10.6 Å². The van der Waals surface area contributed by atoms with Gasteiger partial charge in [0.2, 0.25) is 0 Å². The largest absolute Gasteiger partial charge is 0.455 e. The molecule has 1 aromatic rings. The van der Waals surface area contributed by atoms with Crippen molar-refractivity contribution in [3.63, 3.8) is 0 Å². The van der Waals surface area contributed by atoms with Crippen molar-refractivity contribution in [2.24, 2.45) is 0 Å². The molecule has 8 nitrogen and oxygen atoms in total. The Bertz CT molecular complexity index is 565. The normalized spacial score (nSPS) is 10.0. The lowest BCUT2D eigenvalue weighted by Gasteiger charge is -2.06. The first-order valence-corrected chi connectivity index (χ1v) is 7.93. The SMILES string of the molecule is C=CCNC(=O)NC(=O)COC(=O)CSCc1c(C)noc1C. The summed E-state index contributed by atoms with van der Waals surface area (Å²) in [6, 6.07) is -0.668. The number of carbonyl (C=O) groups is 3. The van der Waals surface area contributed by atoms with Gasteiger partial charge in [-0.2, -0.15) is 0 Å². The maximum Gasteiger partial charge on any atom is 0.321 e. The van der Waals surface area contributed by atoms with Gasteiger partial charge in [0, 0.05) is 17.9 Å². The van der Waals surface area contributed by atoms with Crippen molar-refractivity contribution in [2.75, 3.05) is 18.9 Å². The monoisotopic (exact) mass is 341 g/mol. The smallest absolute Gasteiger partial charge is 0.321 e. The van der Waals surface area contributed by atoms with Gasteiger partial charge in [-0.15, -0.1) is 18.3 Å². The summed E-state index contributed by atoms with van der Waals surface area (Å²) in [6.45, 7) is 6.77. The van der Waals surface area contributed by atoms with Gasteiger partial charge in [-0.05, 0) is 13.8 Å². The molecule has 0 aliphatic heterocycles. The fourth-order valence-electron chi connectivity index (χ4n) is 1.50. The Morgan fingerprint density at radius 3 is 2.74 bits per heavy atom. The van der Waals surface area contributed by atoms with Crippen molar-refractivity contribution in [1.82, 2.24) is 15.8 Å². The van der Waals surface area contributed by atoms with E-state index in [2.05, 4.69) is 17.1 Å². The molecule has 0 aliphatic rings. The van der Waals surface area contributed by atoms with Crippen LogP contribution in [-0.2, 0) is 20.1 Å². The van der Waals surface area contributed by atoms with E-state index in [1.807, 2.05) is 12.2 Å². The molecule has 0 unspecified atom stereocenters. The summed E-state index contributed by atoms with van der Waals surface area (Å²) in [5, 5.41) is 8.21. The molecule has 1 aromatic heterocycles. The summed E-state index contributed by atoms with van der Waals surface area (Å²) in [4.78, 5) is 34.1. The molecule has 9 heteroatoms. The Kier molecular flexibility index (Phi) is 7.89. The molecule has 0 aromatic carbocycles. The molecular weight excluding hydrogens is 322 g/mol. The number of nitrogens with one attached hydrogen (secondary N) is 2. The number of amides is 3. The molecule has 23 heavy (non-hydrogen) atoms. The fourth-order valence-corrected chi connectivity index (χ4v) is 2.47. The molecule has 1 heterocycles. The summed E-state index contributed by atoms with van der Waals surface area (Å²) in [6.07, 6.45) is 1.47. The lowest BCUT2D eigenvalue weighted by Crippen LogP contribution is -2.41. The zero-order chi connectivity index (χ0) is 17.2. The topological polar surface area (TPSA) is 111 Å². The Morgan fingerprint density at radius 2 is 2.13 bits per heavy atom.